The summed E-state index contributed by atoms with van der Waals surface area (Å²) in [5.41, 5.74) is 0.895. The molecular weight excluding hydrogens is 308 g/mol. The van der Waals surface area contributed by atoms with Crippen molar-refractivity contribution < 1.29 is 19.1 Å². The van der Waals surface area contributed by atoms with Crippen LogP contribution in [0.2, 0.25) is 0 Å². The summed E-state index contributed by atoms with van der Waals surface area (Å²) in [4.78, 5) is 26.4. The molecule has 0 aliphatic heterocycles. The fraction of sp³-hybridized carbons (Fsp3) is 0.333. The molecule has 0 radical (unpaired) electrons. The first kappa shape index (κ1) is 17.7. The highest BCUT2D eigenvalue weighted by Crippen LogP contribution is 2.21. The highest BCUT2D eigenvalue weighted by molar-refractivity contribution is 6.09. The summed E-state index contributed by atoms with van der Waals surface area (Å²) in [6.45, 7) is 1.95. The lowest BCUT2D eigenvalue weighted by Gasteiger charge is -2.21. The minimum absolute atomic E-state index is 0.0112. The Balaban J connectivity index is 2.23. The van der Waals surface area contributed by atoms with E-state index in [0.717, 1.165) is 6.42 Å². The molecule has 0 fully saturated rings. The molecule has 0 spiro atoms. The van der Waals surface area contributed by atoms with Crippen LogP contribution < -0.4 is 10.2 Å². The van der Waals surface area contributed by atoms with Gasteiger partial charge >= 0.3 is 0 Å². The largest absolute Gasteiger partial charge is 0.459 e. The normalized spacial score (nSPS) is 11.8. The van der Waals surface area contributed by atoms with Crippen LogP contribution in [0.5, 0.6) is 0 Å². The van der Waals surface area contributed by atoms with Crippen LogP contribution in [0.15, 0.2) is 47.1 Å². The zero-order valence-electron chi connectivity index (χ0n) is 13.9. The summed E-state index contributed by atoms with van der Waals surface area (Å²) in [5, 5.41) is 12.0. The summed E-state index contributed by atoms with van der Waals surface area (Å²) in [6, 6.07) is 10.0. The van der Waals surface area contributed by atoms with Gasteiger partial charge in [0, 0.05) is 19.7 Å². The highest BCUT2D eigenvalue weighted by Gasteiger charge is 2.22. The second-order valence-corrected chi connectivity index (χ2v) is 5.45. The number of para-hydroxylation sites is 1. The number of hydrogen-bond acceptors (Lipinski definition) is 4. The Morgan fingerprint density at radius 1 is 1.25 bits per heavy atom. The van der Waals surface area contributed by atoms with Gasteiger partial charge in [-0.05, 0) is 37.1 Å². The molecule has 1 atom stereocenters. The maximum atomic E-state index is 12.6. The average molecular weight is 330 g/mol. The Kier molecular flexibility index (Phi) is 6.14. The summed E-state index contributed by atoms with van der Waals surface area (Å²) in [6.07, 6.45) is 2.64. The van der Waals surface area contributed by atoms with E-state index in [0.29, 0.717) is 17.7 Å². The number of nitrogens with zero attached hydrogens (tertiary/aromatic N) is 1. The molecule has 6 heteroatoms. The van der Waals surface area contributed by atoms with Gasteiger partial charge in [-0.1, -0.05) is 19.1 Å². The summed E-state index contributed by atoms with van der Waals surface area (Å²) in [5.74, 6) is -0.396. The lowest BCUT2D eigenvalue weighted by atomic mass is 10.1. The van der Waals surface area contributed by atoms with Gasteiger partial charge in [0.1, 0.15) is 0 Å². The third kappa shape index (κ3) is 4.02. The number of anilines is 1. The summed E-state index contributed by atoms with van der Waals surface area (Å²) < 4.78 is 5.13. The van der Waals surface area contributed by atoms with Crippen molar-refractivity contribution in [1.82, 2.24) is 5.32 Å². The monoisotopic (exact) mass is 330 g/mol. The minimum Gasteiger partial charge on any atom is -0.459 e. The van der Waals surface area contributed by atoms with Gasteiger partial charge < -0.3 is 19.7 Å². The molecule has 1 aromatic heterocycles. The van der Waals surface area contributed by atoms with E-state index in [2.05, 4.69) is 5.32 Å². The molecule has 1 aromatic carbocycles. The lowest BCUT2D eigenvalue weighted by Crippen LogP contribution is -2.36. The zero-order valence-corrected chi connectivity index (χ0v) is 13.9. The first-order valence-electron chi connectivity index (χ1n) is 7.90. The molecule has 0 aliphatic rings. The maximum absolute atomic E-state index is 12.6. The van der Waals surface area contributed by atoms with Crippen molar-refractivity contribution in [3.8, 4) is 0 Å². The number of hydrogen-bond donors (Lipinski definition) is 2. The van der Waals surface area contributed by atoms with Crippen molar-refractivity contribution in [2.45, 2.75) is 25.8 Å². The number of carbonyl (C=O) groups is 2. The van der Waals surface area contributed by atoms with Crippen LogP contribution in [0.4, 0.5) is 5.69 Å². The summed E-state index contributed by atoms with van der Waals surface area (Å²) >= 11 is 0. The van der Waals surface area contributed by atoms with Gasteiger partial charge in [-0.25, -0.2) is 0 Å². The van der Waals surface area contributed by atoms with Gasteiger partial charge in [0.15, 0.2) is 5.76 Å². The number of aliphatic hydroxyl groups is 1. The van der Waals surface area contributed by atoms with Crippen LogP contribution in [0.1, 0.15) is 40.7 Å². The number of benzene rings is 1. The van der Waals surface area contributed by atoms with Crippen LogP contribution in [0.25, 0.3) is 0 Å². The molecule has 0 saturated carbocycles. The van der Waals surface area contributed by atoms with Crippen molar-refractivity contribution >= 4 is 17.5 Å². The maximum Gasteiger partial charge on any atom is 0.293 e. The Morgan fingerprint density at radius 3 is 2.62 bits per heavy atom. The standard InChI is InChI=1S/C18H22N2O4/c1-3-13(10-11-21)19-17(22)14-7-4-5-8-15(14)20(2)18(23)16-9-6-12-24-16/h4-9,12-13,21H,3,10-11H2,1-2H3,(H,19,22). The number of aliphatic hydroxyl groups excluding tert-OH is 1. The smallest absolute Gasteiger partial charge is 0.293 e. The highest BCUT2D eigenvalue weighted by atomic mass is 16.3. The predicted octanol–water partition coefficient (Wildman–Crippen LogP) is 2.45. The van der Waals surface area contributed by atoms with E-state index in [1.165, 1.54) is 11.2 Å². The quantitative estimate of drug-likeness (QED) is 0.817. The third-order valence-electron chi connectivity index (χ3n) is 3.85. The molecule has 6 nitrogen and oxygen atoms in total. The molecule has 2 aromatic rings. The van der Waals surface area contributed by atoms with Crippen molar-refractivity contribution in [3.05, 3.63) is 54.0 Å². The van der Waals surface area contributed by atoms with Crippen molar-refractivity contribution in [2.24, 2.45) is 0 Å². The number of carbonyl (C=O) groups excluding carboxylic acids is 2. The van der Waals surface area contributed by atoms with Gasteiger partial charge in [0.05, 0.1) is 17.5 Å². The summed E-state index contributed by atoms with van der Waals surface area (Å²) in [7, 11) is 1.60. The second-order valence-electron chi connectivity index (χ2n) is 5.45. The van der Waals surface area contributed by atoms with Gasteiger partial charge in [-0.15, -0.1) is 0 Å². The molecule has 0 saturated heterocycles. The molecule has 24 heavy (non-hydrogen) atoms. The Morgan fingerprint density at radius 2 is 2.00 bits per heavy atom. The lowest BCUT2D eigenvalue weighted by molar-refractivity contribution is 0.0929. The first-order valence-corrected chi connectivity index (χ1v) is 7.90. The van der Waals surface area contributed by atoms with E-state index in [1.807, 2.05) is 6.92 Å². The molecule has 0 aliphatic carbocycles. The third-order valence-corrected chi connectivity index (χ3v) is 3.85. The van der Waals surface area contributed by atoms with Crippen LogP contribution in [0, 0.1) is 0 Å². The number of furan rings is 1. The molecule has 1 heterocycles. The Hall–Kier alpha value is -2.60. The molecule has 0 bridgehead atoms. The van der Waals surface area contributed by atoms with Crippen molar-refractivity contribution in [2.75, 3.05) is 18.6 Å². The van der Waals surface area contributed by atoms with Crippen LogP contribution in [-0.4, -0.2) is 36.6 Å². The van der Waals surface area contributed by atoms with Crippen LogP contribution >= 0.6 is 0 Å². The molecule has 2 rings (SSSR count). The average Bonchev–Trinajstić information content (AvgIpc) is 3.14. The fourth-order valence-electron chi connectivity index (χ4n) is 2.43. The minimum atomic E-state index is -0.331. The van der Waals surface area contributed by atoms with E-state index in [-0.39, 0.29) is 30.2 Å². The van der Waals surface area contributed by atoms with Gasteiger partial charge in [0.2, 0.25) is 0 Å². The number of amides is 2. The fourth-order valence-corrected chi connectivity index (χ4v) is 2.43. The molecule has 2 amide bonds. The van der Waals surface area contributed by atoms with Crippen molar-refractivity contribution in [1.29, 1.82) is 0 Å². The predicted molar refractivity (Wildman–Crippen MR) is 91.1 cm³/mol. The SMILES string of the molecule is CCC(CCO)NC(=O)c1ccccc1N(C)C(=O)c1ccco1. The van der Waals surface area contributed by atoms with E-state index >= 15 is 0 Å². The van der Waals surface area contributed by atoms with E-state index in [1.54, 1.807) is 43.4 Å². The molecule has 1 unspecified atom stereocenters. The first-order chi connectivity index (χ1) is 11.6. The zero-order chi connectivity index (χ0) is 17.5. The molecular formula is C18H22N2O4. The van der Waals surface area contributed by atoms with Crippen LogP contribution in [-0.2, 0) is 0 Å². The second kappa shape index (κ2) is 8.31. The van der Waals surface area contributed by atoms with Crippen LogP contribution in [0.3, 0.4) is 0 Å². The van der Waals surface area contributed by atoms with Crippen molar-refractivity contribution in [3.63, 3.8) is 0 Å². The van der Waals surface area contributed by atoms with E-state index in [4.69, 9.17) is 9.52 Å². The number of rotatable bonds is 7. The van der Waals surface area contributed by atoms with Gasteiger partial charge in [0.25, 0.3) is 11.8 Å². The Labute approximate surface area is 141 Å². The molecule has 128 valence electrons. The van der Waals surface area contributed by atoms with Gasteiger partial charge in [-0.3, -0.25) is 9.59 Å². The number of nitrogens with one attached hydrogen (secondary N) is 1. The Bertz CT molecular complexity index is 682. The topological polar surface area (TPSA) is 82.8 Å². The van der Waals surface area contributed by atoms with E-state index < -0.39 is 0 Å². The molecule has 2 N–H and O–H groups in total. The van der Waals surface area contributed by atoms with E-state index in [9.17, 15) is 9.59 Å². The van der Waals surface area contributed by atoms with Gasteiger partial charge in [-0.2, -0.15) is 0 Å².